The van der Waals surface area contributed by atoms with E-state index < -0.39 is 0 Å². The molecule has 1 aliphatic heterocycles. The Hall–Kier alpha value is -1.63. The standard InChI is InChI=1S/C16H29N3O4/c1-11(2)9-12(16(22)23-3)10-19-14(20)6-8-18-15(21)13-5-4-7-17-13/h11-13,17H,4-10H2,1-3H3,(H,18,21)(H,19,20). The molecule has 0 saturated carbocycles. The lowest BCUT2D eigenvalue weighted by molar-refractivity contribution is -0.146. The zero-order valence-corrected chi connectivity index (χ0v) is 14.3. The van der Waals surface area contributed by atoms with Crippen LogP contribution in [0.15, 0.2) is 0 Å². The Balaban J connectivity index is 2.23. The molecule has 2 atom stereocenters. The number of carbonyl (C=O) groups excluding carboxylic acids is 3. The first-order valence-corrected chi connectivity index (χ1v) is 8.29. The van der Waals surface area contributed by atoms with Gasteiger partial charge < -0.3 is 20.7 Å². The van der Waals surface area contributed by atoms with Gasteiger partial charge in [-0.25, -0.2) is 0 Å². The Morgan fingerprint density at radius 3 is 2.57 bits per heavy atom. The second-order valence-electron chi connectivity index (χ2n) is 6.34. The van der Waals surface area contributed by atoms with Crippen LogP contribution in [0.25, 0.3) is 0 Å². The number of amides is 2. The maximum atomic E-state index is 11.8. The fraction of sp³-hybridized carbons (Fsp3) is 0.812. The minimum absolute atomic E-state index is 0.0532. The molecule has 0 aromatic carbocycles. The molecule has 1 saturated heterocycles. The fourth-order valence-corrected chi connectivity index (χ4v) is 2.65. The van der Waals surface area contributed by atoms with Crippen molar-refractivity contribution in [3.8, 4) is 0 Å². The number of hydrogen-bond acceptors (Lipinski definition) is 5. The molecule has 3 N–H and O–H groups in total. The topological polar surface area (TPSA) is 96.5 Å². The van der Waals surface area contributed by atoms with Gasteiger partial charge in [0, 0.05) is 19.5 Å². The van der Waals surface area contributed by atoms with Gasteiger partial charge >= 0.3 is 5.97 Å². The lowest BCUT2D eigenvalue weighted by Gasteiger charge is -2.17. The number of hydrogen-bond donors (Lipinski definition) is 3. The molecule has 0 radical (unpaired) electrons. The van der Waals surface area contributed by atoms with Gasteiger partial charge in [0.1, 0.15) is 0 Å². The van der Waals surface area contributed by atoms with Gasteiger partial charge in [0.15, 0.2) is 0 Å². The molecular formula is C16H29N3O4. The van der Waals surface area contributed by atoms with Gasteiger partial charge in [-0.3, -0.25) is 14.4 Å². The van der Waals surface area contributed by atoms with Crippen molar-refractivity contribution in [1.29, 1.82) is 0 Å². The molecule has 0 aliphatic carbocycles. The van der Waals surface area contributed by atoms with Gasteiger partial charge in [0.2, 0.25) is 11.8 Å². The highest BCUT2D eigenvalue weighted by Gasteiger charge is 2.22. The Bertz CT molecular complexity index is 406. The summed E-state index contributed by atoms with van der Waals surface area (Å²) in [6.45, 7) is 5.47. The predicted molar refractivity (Wildman–Crippen MR) is 86.6 cm³/mol. The van der Waals surface area contributed by atoms with Crippen molar-refractivity contribution < 1.29 is 19.1 Å². The summed E-state index contributed by atoms with van der Waals surface area (Å²) in [5.74, 6) is -0.528. The van der Waals surface area contributed by atoms with Gasteiger partial charge in [0.25, 0.3) is 0 Å². The van der Waals surface area contributed by atoms with Crippen LogP contribution in [-0.2, 0) is 19.1 Å². The van der Waals surface area contributed by atoms with Crippen molar-refractivity contribution in [3.63, 3.8) is 0 Å². The Labute approximate surface area is 137 Å². The monoisotopic (exact) mass is 327 g/mol. The van der Waals surface area contributed by atoms with Crippen molar-refractivity contribution in [2.45, 2.75) is 45.6 Å². The summed E-state index contributed by atoms with van der Waals surface area (Å²) in [5.41, 5.74) is 0. The van der Waals surface area contributed by atoms with Crippen LogP contribution in [0, 0.1) is 11.8 Å². The van der Waals surface area contributed by atoms with Crippen LogP contribution in [-0.4, -0.2) is 50.6 Å². The molecule has 1 fully saturated rings. The minimum atomic E-state index is -0.332. The average Bonchev–Trinajstić information content (AvgIpc) is 3.04. The predicted octanol–water partition coefficient (Wildman–Crippen LogP) is 0.196. The third kappa shape index (κ3) is 7.45. The van der Waals surface area contributed by atoms with Gasteiger partial charge in [0.05, 0.1) is 19.1 Å². The summed E-state index contributed by atoms with van der Waals surface area (Å²) in [5, 5.41) is 8.60. The first-order valence-electron chi connectivity index (χ1n) is 8.29. The third-order valence-electron chi connectivity index (χ3n) is 3.86. The summed E-state index contributed by atoms with van der Waals surface area (Å²) >= 11 is 0. The van der Waals surface area contributed by atoms with Crippen molar-refractivity contribution in [3.05, 3.63) is 0 Å². The lowest BCUT2D eigenvalue weighted by Crippen LogP contribution is -2.42. The molecule has 1 heterocycles. The van der Waals surface area contributed by atoms with E-state index in [0.29, 0.717) is 18.9 Å². The molecule has 1 aliphatic rings. The summed E-state index contributed by atoms with van der Waals surface area (Å²) in [7, 11) is 1.35. The van der Waals surface area contributed by atoms with Crippen LogP contribution in [0.5, 0.6) is 0 Å². The molecule has 1 rings (SSSR count). The molecule has 2 amide bonds. The number of rotatable bonds is 9. The van der Waals surface area contributed by atoms with E-state index in [1.54, 1.807) is 0 Å². The molecule has 0 bridgehead atoms. The number of esters is 1. The van der Waals surface area contributed by atoms with Crippen LogP contribution < -0.4 is 16.0 Å². The highest BCUT2D eigenvalue weighted by molar-refractivity contribution is 5.83. The molecule has 7 heteroatoms. The van der Waals surface area contributed by atoms with Gasteiger partial charge in [-0.1, -0.05) is 13.8 Å². The highest BCUT2D eigenvalue weighted by atomic mass is 16.5. The summed E-state index contributed by atoms with van der Waals surface area (Å²) in [6, 6.07) is -0.132. The molecule has 0 spiro atoms. The lowest BCUT2D eigenvalue weighted by atomic mass is 9.97. The smallest absolute Gasteiger partial charge is 0.310 e. The van der Waals surface area contributed by atoms with Crippen molar-refractivity contribution in [2.24, 2.45) is 11.8 Å². The average molecular weight is 327 g/mol. The molecule has 132 valence electrons. The van der Waals surface area contributed by atoms with Crippen LogP contribution in [0.1, 0.15) is 39.5 Å². The van der Waals surface area contributed by atoms with E-state index >= 15 is 0 Å². The highest BCUT2D eigenvalue weighted by Crippen LogP contribution is 2.12. The maximum Gasteiger partial charge on any atom is 0.310 e. The van der Waals surface area contributed by atoms with Crippen molar-refractivity contribution in [1.82, 2.24) is 16.0 Å². The Morgan fingerprint density at radius 2 is 2.00 bits per heavy atom. The summed E-state index contributed by atoms with van der Waals surface area (Å²) < 4.78 is 4.76. The molecule has 0 aromatic heterocycles. The van der Waals surface area contributed by atoms with E-state index in [9.17, 15) is 14.4 Å². The van der Waals surface area contributed by atoms with E-state index in [0.717, 1.165) is 19.4 Å². The quantitative estimate of drug-likeness (QED) is 0.526. The van der Waals surface area contributed by atoms with Crippen LogP contribution >= 0.6 is 0 Å². The minimum Gasteiger partial charge on any atom is -0.469 e. The number of ether oxygens (including phenoxy) is 1. The number of nitrogens with one attached hydrogen (secondary N) is 3. The second kappa shape index (κ2) is 10.2. The van der Waals surface area contributed by atoms with Crippen molar-refractivity contribution >= 4 is 17.8 Å². The van der Waals surface area contributed by atoms with E-state index in [1.165, 1.54) is 7.11 Å². The zero-order chi connectivity index (χ0) is 17.2. The van der Waals surface area contributed by atoms with E-state index in [1.807, 2.05) is 13.8 Å². The molecule has 23 heavy (non-hydrogen) atoms. The van der Waals surface area contributed by atoms with Crippen LogP contribution in [0.2, 0.25) is 0 Å². The second-order valence-corrected chi connectivity index (χ2v) is 6.34. The third-order valence-corrected chi connectivity index (χ3v) is 3.86. The molecular weight excluding hydrogens is 298 g/mol. The van der Waals surface area contributed by atoms with Crippen molar-refractivity contribution in [2.75, 3.05) is 26.7 Å². The number of carbonyl (C=O) groups is 3. The largest absolute Gasteiger partial charge is 0.469 e. The van der Waals surface area contributed by atoms with Crippen LogP contribution in [0.4, 0.5) is 0 Å². The Kier molecular flexibility index (Phi) is 8.61. The van der Waals surface area contributed by atoms with Gasteiger partial charge in [-0.05, 0) is 31.7 Å². The molecule has 2 unspecified atom stereocenters. The molecule has 0 aromatic rings. The molecule has 7 nitrogen and oxygen atoms in total. The van der Waals surface area contributed by atoms with Gasteiger partial charge in [-0.2, -0.15) is 0 Å². The van der Waals surface area contributed by atoms with E-state index in [2.05, 4.69) is 16.0 Å². The SMILES string of the molecule is COC(=O)C(CNC(=O)CCNC(=O)C1CCCN1)CC(C)C. The first-order chi connectivity index (χ1) is 10.9. The normalized spacial score (nSPS) is 18.5. The van der Waals surface area contributed by atoms with E-state index in [-0.39, 0.29) is 42.7 Å². The maximum absolute atomic E-state index is 11.8. The number of methoxy groups -OCH3 is 1. The Morgan fingerprint density at radius 1 is 1.26 bits per heavy atom. The fourth-order valence-electron chi connectivity index (χ4n) is 2.65. The summed E-state index contributed by atoms with van der Waals surface area (Å²) in [4.78, 5) is 35.3. The van der Waals surface area contributed by atoms with Crippen LogP contribution in [0.3, 0.4) is 0 Å². The summed E-state index contributed by atoms with van der Waals surface area (Å²) in [6.07, 6.45) is 2.71. The van der Waals surface area contributed by atoms with E-state index in [4.69, 9.17) is 4.74 Å². The first kappa shape index (κ1) is 19.4. The zero-order valence-electron chi connectivity index (χ0n) is 14.3. The van der Waals surface area contributed by atoms with Gasteiger partial charge in [-0.15, -0.1) is 0 Å².